The van der Waals surface area contributed by atoms with Crippen LogP contribution in [0.2, 0.25) is 0 Å². The van der Waals surface area contributed by atoms with Crippen LogP contribution in [0.1, 0.15) is 59.3 Å². The molecule has 0 aromatic carbocycles. The molecule has 0 heterocycles. The van der Waals surface area contributed by atoms with Crippen molar-refractivity contribution in [2.45, 2.75) is 59.3 Å². The van der Waals surface area contributed by atoms with Crippen molar-refractivity contribution in [3.8, 4) is 0 Å². The van der Waals surface area contributed by atoms with Crippen LogP contribution >= 0.6 is 0 Å². The molecule has 0 aromatic rings. The SMILES string of the molecule is CC(C)CCOCCC1(CN)CCC(C)CC1. The van der Waals surface area contributed by atoms with Gasteiger partial charge in [-0.1, -0.05) is 33.6 Å². The Morgan fingerprint density at radius 2 is 1.88 bits per heavy atom. The molecule has 0 aliphatic heterocycles. The summed E-state index contributed by atoms with van der Waals surface area (Å²) < 4.78 is 5.75. The van der Waals surface area contributed by atoms with Gasteiger partial charge in [-0.25, -0.2) is 0 Å². The van der Waals surface area contributed by atoms with Crippen LogP contribution in [-0.4, -0.2) is 19.8 Å². The molecule has 0 unspecified atom stereocenters. The third-order valence-electron chi connectivity index (χ3n) is 4.38. The summed E-state index contributed by atoms with van der Waals surface area (Å²) in [4.78, 5) is 0. The fourth-order valence-electron chi connectivity index (χ4n) is 2.64. The maximum absolute atomic E-state index is 5.99. The first-order chi connectivity index (χ1) is 8.08. The predicted molar refractivity (Wildman–Crippen MR) is 74.0 cm³/mol. The van der Waals surface area contributed by atoms with Crippen molar-refractivity contribution in [2.75, 3.05) is 19.8 Å². The first kappa shape index (κ1) is 15.0. The predicted octanol–water partition coefficient (Wildman–Crippen LogP) is 3.59. The molecular formula is C15H31NO. The number of ether oxygens (including phenoxy) is 1. The summed E-state index contributed by atoms with van der Waals surface area (Å²) in [5.74, 6) is 1.64. The van der Waals surface area contributed by atoms with Gasteiger partial charge in [0, 0.05) is 13.2 Å². The zero-order chi connectivity index (χ0) is 12.7. The maximum atomic E-state index is 5.99. The van der Waals surface area contributed by atoms with Crippen molar-refractivity contribution in [1.29, 1.82) is 0 Å². The van der Waals surface area contributed by atoms with E-state index in [1.165, 1.54) is 32.1 Å². The monoisotopic (exact) mass is 241 g/mol. The second-order valence-electron chi connectivity index (χ2n) is 6.43. The van der Waals surface area contributed by atoms with Gasteiger partial charge in [0.05, 0.1) is 0 Å². The standard InChI is InChI=1S/C15H31NO/c1-13(2)6-10-17-11-9-15(12-16)7-4-14(3)5-8-15/h13-14H,4-12,16H2,1-3H3. The third kappa shape index (κ3) is 5.39. The number of rotatable bonds is 7. The first-order valence-corrected chi connectivity index (χ1v) is 7.36. The Balaban J connectivity index is 2.18. The van der Waals surface area contributed by atoms with Gasteiger partial charge >= 0.3 is 0 Å². The molecule has 2 N–H and O–H groups in total. The van der Waals surface area contributed by atoms with Crippen LogP contribution in [0.3, 0.4) is 0 Å². The van der Waals surface area contributed by atoms with Crippen LogP contribution in [0.4, 0.5) is 0 Å². The maximum Gasteiger partial charge on any atom is 0.0471 e. The molecule has 2 nitrogen and oxygen atoms in total. The molecule has 1 aliphatic rings. The van der Waals surface area contributed by atoms with E-state index in [-0.39, 0.29) is 0 Å². The van der Waals surface area contributed by atoms with Gasteiger partial charge in [0.2, 0.25) is 0 Å². The van der Waals surface area contributed by atoms with Crippen LogP contribution in [0.5, 0.6) is 0 Å². The van der Waals surface area contributed by atoms with Crippen molar-refractivity contribution < 1.29 is 4.74 Å². The van der Waals surface area contributed by atoms with Crippen LogP contribution < -0.4 is 5.73 Å². The second-order valence-corrected chi connectivity index (χ2v) is 6.43. The highest BCUT2D eigenvalue weighted by Gasteiger charge is 2.32. The Labute approximate surface area is 107 Å². The first-order valence-electron chi connectivity index (χ1n) is 7.36. The molecule has 0 saturated heterocycles. The Morgan fingerprint density at radius 3 is 2.41 bits per heavy atom. The minimum absolute atomic E-state index is 0.393. The molecule has 1 saturated carbocycles. The van der Waals surface area contributed by atoms with Crippen LogP contribution in [0, 0.1) is 17.3 Å². The quantitative estimate of drug-likeness (QED) is 0.691. The summed E-state index contributed by atoms with van der Waals surface area (Å²) in [7, 11) is 0. The van der Waals surface area contributed by atoms with Crippen LogP contribution in [0.15, 0.2) is 0 Å². The molecule has 0 atom stereocenters. The lowest BCUT2D eigenvalue weighted by atomic mass is 9.69. The van der Waals surface area contributed by atoms with Gasteiger partial charge in [-0.2, -0.15) is 0 Å². The smallest absolute Gasteiger partial charge is 0.0471 e. The van der Waals surface area contributed by atoms with Gasteiger partial charge in [0.25, 0.3) is 0 Å². The van der Waals surface area contributed by atoms with Gasteiger partial charge in [-0.05, 0) is 49.5 Å². The molecule has 1 fully saturated rings. The van der Waals surface area contributed by atoms with E-state index in [1.807, 2.05) is 0 Å². The fraction of sp³-hybridized carbons (Fsp3) is 1.00. The van der Waals surface area contributed by atoms with Crippen molar-refractivity contribution in [3.05, 3.63) is 0 Å². The van der Waals surface area contributed by atoms with Crippen molar-refractivity contribution in [1.82, 2.24) is 0 Å². The van der Waals surface area contributed by atoms with Gasteiger partial charge in [-0.15, -0.1) is 0 Å². The lowest BCUT2D eigenvalue weighted by Crippen LogP contribution is -2.35. The summed E-state index contributed by atoms with van der Waals surface area (Å²) in [5.41, 5.74) is 6.38. The summed E-state index contributed by atoms with van der Waals surface area (Å²) in [5, 5.41) is 0. The molecule has 17 heavy (non-hydrogen) atoms. The number of hydrogen-bond acceptors (Lipinski definition) is 2. The summed E-state index contributed by atoms with van der Waals surface area (Å²) in [6.07, 6.45) is 7.64. The minimum Gasteiger partial charge on any atom is -0.381 e. The third-order valence-corrected chi connectivity index (χ3v) is 4.38. The van der Waals surface area contributed by atoms with E-state index in [2.05, 4.69) is 20.8 Å². The molecule has 0 radical (unpaired) electrons. The van der Waals surface area contributed by atoms with Crippen molar-refractivity contribution in [3.63, 3.8) is 0 Å². The van der Waals surface area contributed by atoms with Gasteiger partial charge in [0.15, 0.2) is 0 Å². The molecule has 1 aliphatic carbocycles. The van der Waals surface area contributed by atoms with E-state index < -0.39 is 0 Å². The lowest BCUT2D eigenvalue weighted by Gasteiger charge is -2.38. The Hall–Kier alpha value is -0.0800. The average molecular weight is 241 g/mol. The van der Waals surface area contributed by atoms with Crippen LogP contribution in [-0.2, 0) is 4.74 Å². The fourth-order valence-corrected chi connectivity index (χ4v) is 2.64. The van der Waals surface area contributed by atoms with Crippen molar-refractivity contribution >= 4 is 0 Å². The zero-order valence-electron chi connectivity index (χ0n) is 12.0. The summed E-state index contributed by atoms with van der Waals surface area (Å²) in [6.45, 7) is 9.50. The summed E-state index contributed by atoms with van der Waals surface area (Å²) >= 11 is 0. The van der Waals surface area contributed by atoms with Gasteiger partial charge in [0.1, 0.15) is 0 Å². The van der Waals surface area contributed by atoms with E-state index in [9.17, 15) is 0 Å². The second kappa shape index (κ2) is 7.38. The zero-order valence-corrected chi connectivity index (χ0v) is 12.0. The highest BCUT2D eigenvalue weighted by molar-refractivity contribution is 4.85. The lowest BCUT2D eigenvalue weighted by molar-refractivity contribution is 0.0648. The molecule has 1 rings (SSSR count). The topological polar surface area (TPSA) is 35.2 Å². The Morgan fingerprint density at radius 1 is 1.24 bits per heavy atom. The van der Waals surface area contributed by atoms with E-state index in [4.69, 9.17) is 10.5 Å². The molecule has 0 amide bonds. The molecule has 0 aromatic heterocycles. The number of hydrogen-bond donors (Lipinski definition) is 1. The highest BCUT2D eigenvalue weighted by atomic mass is 16.5. The molecule has 0 spiro atoms. The van der Waals surface area contributed by atoms with Crippen LogP contribution in [0.25, 0.3) is 0 Å². The van der Waals surface area contributed by atoms with Gasteiger partial charge in [-0.3, -0.25) is 0 Å². The van der Waals surface area contributed by atoms with E-state index >= 15 is 0 Å². The largest absolute Gasteiger partial charge is 0.381 e. The average Bonchev–Trinajstić information content (AvgIpc) is 2.31. The van der Waals surface area contributed by atoms with E-state index in [0.717, 1.165) is 38.0 Å². The number of nitrogens with two attached hydrogens (primary N) is 1. The normalized spacial score (nSPS) is 29.8. The highest BCUT2D eigenvalue weighted by Crippen LogP contribution is 2.40. The molecular weight excluding hydrogens is 210 g/mol. The van der Waals surface area contributed by atoms with E-state index in [1.54, 1.807) is 0 Å². The summed E-state index contributed by atoms with van der Waals surface area (Å²) in [6, 6.07) is 0. The molecule has 0 bridgehead atoms. The van der Waals surface area contributed by atoms with Gasteiger partial charge < -0.3 is 10.5 Å². The molecule has 102 valence electrons. The molecule has 2 heteroatoms. The minimum atomic E-state index is 0.393. The Bertz CT molecular complexity index is 195. The van der Waals surface area contributed by atoms with E-state index in [0.29, 0.717) is 5.41 Å². The van der Waals surface area contributed by atoms with Crippen molar-refractivity contribution in [2.24, 2.45) is 23.0 Å². The Kier molecular flexibility index (Phi) is 6.50.